The molecule has 0 saturated carbocycles. The molecule has 0 radical (unpaired) electrons. The van der Waals surface area contributed by atoms with Crippen LogP contribution >= 0.6 is 0 Å². The van der Waals surface area contributed by atoms with Gasteiger partial charge in [-0.15, -0.1) is 0 Å². The van der Waals surface area contributed by atoms with Crippen molar-refractivity contribution in [1.29, 1.82) is 0 Å². The fourth-order valence-electron chi connectivity index (χ4n) is 2.64. The van der Waals surface area contributed by atoms with Crippen LogP contribution in [0.3, 0.4) is 0 Å². The van der Waals surface area contributed by atoms with E-state index in [2.05, 4.69) is 10.2 Å². The monoisotopic (exact) mass is 279 g/mol. The molecule has 0 spiro atoms. The lowest BCUT2D eigenvalue weighted by atomic mass is 10.0. The molecule has 0 atom stereocenters. The Bertz CT molecular complexity index is 420. The maximum absolute atomic E-state index is 12.5. The van der Waals surface area contributed by atoms with Crippen molar-refractivity contribution in [3.63, 3.8) is 0 Å². The molecule has 1 saturated heterocycles. The Hall–Kier alpha value is -1.33. The van der Waals surface area contributed by atoms with E-state index < -0.39 is 5.54 Å². The molecule has 2 heterocycles. The molecule has 0 aromatic carbocycles. The Labute approximate surface area is 120 Å². The Balaban J connectivity index is 1.83. The topological polar surface area (TPSA) is 48.7 Å². The maximum atomic E-state index is 12.5. The first-order valence-corrected chi connectivity index (χ1v) is 7.32. The van der Waals surface area contributed by atoms with Crippen molar-refractivity contribution in [2.45, 2.75) is 32.9 Å². The molecule has 1 fully saturated rings. The van der Waals surface area contributed by atoms with E-state index in [4.69, 9.17) is 4.42 Å². The SMILES string of the molecule is CCNC(C)(C)C(=O)N1CCN(Cc2ccco2)CC1. The summed E-state index contributed by atoms with van der Waals surface area (Å²) in [5.74, 6) is 1.18. The Morgan fingerprint density at radius 3 is 2.60 bits per heavy atom. The number of hydrogen-bond acceptors (Lipinski definition) is 4. The quantitative estimate of drug-likeness (QED) is 0.883. The minimum Gasteiger partial charge on any atom is -0.468 e. The highest BCUT2D eigenvalue weighted by molar-refractivity contribution is 5.85. The molecule has 20 heavy (non-hydrogen) atoms. The van der Waals surface area contributed by atoms with E-state index in [1.807, 2.05) is 37.8 Å². The number of likely N-dealkylation sites (N-methyl/N-ethyl adjacent to an activating group) is 1. The van der Waals surface area contributed by atoms with Crippen LogP contribution in [-0.4, -0.2) is 54.0 Å². The van der Waals surface area contributed by atoms with Gasteiger partial charge in [0.1, 0.15) is 5.76 Å². The molecular formula is C15H25N3O2. The van der Waals surface area contributed by atoms with Gasteiger partial charge in [-0.1, -0.05) is 6.92 Å². The van der Waals surface area contributed by atoms with Crippen molar-refractivity contribution in [2.24, 2.45) is 0 Å². The average molecular weight is 279 g/mol. The fraction of sp³-hybridized carbons (Fsp3) is 0.667. The zero-order chi connectivity index (χ0) is 14.6. The Kier molecular flexibility index (Phi) is 4.83. The highest BCUT2D eigenvalue weighted by atomic mass is 16.3. The van der Waals surface area contributed by atoms with Crippen molar-refractivity contribution >= 4 is 5.91 Å². The number of carbonyl (C=O) groups excluding carboxylic acids is 1. The van der Waals surface area contributed by atoms with Crippen molar-refractivity contribution < 1.29 is 9.21 Å². The predicted molar refractivity (Wildman–Crippen MR) is 78.3 cm³/mol. The molecule has 1 aromatic heterocycles. The zero-order valence-electron chi connectivity index (χ0n) is 12.7. The van der Waals surface area contributed by atoms with Gasteiger partial charge in [0.15, 0.2) is 0 Å². The second-order valence-electron chi connectivity index (χ2n) is 5.80. The Morgan fingerprint density at radius 2 is 2.05 bits per heavy atom. The molecule has 1 aromatic rings. The molecule has 0 bridgehead atoms. The van der Waals surface area contributed by atoms with Crippen molar-refractivity contribution in [1.82, 2.24) is 15.1 Å². The molecule has 0 unspecified atom stereocenters. The summed E-state index contributed by atoms with van der Waals surface area (Å²) in [5.41, 5.74) is -0.474. The highest BCUT2D eigenvalue weighted by Gasteiger charge is 2.32. The van der Waals surface area contributed by atoms with Gasteiger partial charge in [-0.25, -0.2) is 0 Å². The van der Waals surface area contributed by atoms with Crippen LogP contribution in [0.1, 0.15) is 26.5 Å². The van der Waals surface area contributed by atoms with Crippen molar-refractivity contribution in [3.05, 3.63) is 24.2 Å². The summed E-state index contributed by atoms with van der Waals surface area (Å²) in [6, 6.07) is 3.90. The van der Waals surface area contributed by atoms with Gasteiger partial charge in [-0.2, -0.15) is 0 Å². The third-order valence-corrected chi connectivity index (χ3v) is 3.77. The van der Waals surface area contributed by atoms with Crippen LogP contribution in [0.25, 0.3) is 0 Å². The summed E-state index contributed by atoms with van der Waals surface area (Å²) < 4.78 is 5.36. The summed E-state index contributed by atoms with van der Waals surface area (Å²) in [4.78, 5) is 16.7. The third-order valence-electron chi connectivity index (χ3n) is 3.77. The van der Waals surface area contributed by atoms with Crippen LogP contribution in [0.15, 0.2) is 22.8 Å². The van der Waals surface area contributed by atoms with Gasteiger partial charge in [0.25, 0.3) is 0 Å². The number of furan rings is 1. The van der Waals surface area contributed by atoms with E-state index >= 15 is 0 Å². The van der Waals surface area contributed by atoms with Crippen molar-refractivity contribution in [2.75, 3.05) is 32.7 Å². The van der Waals surface area contributed by atoms with Gasteiger partial charge >= 0.3 is 0 Å². The zero-order valence-corrected chi connectivity index (χ0v) is 12.7. The fourth-order valence-corrected chi connectivity index (χ4v) is 2.64. The molecule has 5 heteroatoms. The normalized spacial score (nSPS) is 17.4. The first-order valence-electron chi connectivity index (χ1n) is 7.32. The number of carbonyl (C=O) groups is 1. The van der Waals surface area contributed by atoms with Gasteiger partial charge < -0.3 is 14.6 Å². The molecule has 0 aliphatic carbocycles. The number of hydrogen-bond donors (Lipinski definition) is 1. The maximum Gasteiger partial charge on any atom is 0.242 e. The Morgan fingerprint density at radius 1 is 1.35 bits per heavy atom. The van der Waals surface area contributed by atoms with E-state index in [-0.39, 0.29) is 5.91 Å². The van der Waals surface area contributed by atoms with Gasteiger partial charge in [-0.3, -0.25) is 9.69 Å². The molecule has 1 N–H and O–H groups in total. The summed E-state index contributed by atoms with van der Waals surface area (Å²) >= 11 is 0. The minimum absolute atomic E-state index is 0.192. The van der Waals surface area contributed by atoms with E-state index in [1.54, 1.807) is 6.26 Å². The predicted octanol–water partition coefficient (Wildman–Crippen LogP) is 1.31. The molecule has 112 valence electrons. The number of nitrogens with one attached hydrogen (secondary N) is 1. The van der Waals surface area contributed by atoms with Crippen LogP contribution in [0, 0.1) is 0 Å². The summed E-state index contributed by atoms with van der Waals surface area (Å²) in [6.45, 7) is 10.9. The molecule has 1 amide bonds. The van der Waals surface area contributed by atoms with Crippen LogP contribution in [0.4, 0.5) is 0 Å². The highest BCUT2D eigenvalue weighted by Crippen LogP contribution is 2.13. The van der Waals surface area contributed by atoms with Crippen LogP contribution < -0.4 is 5.32 Å². The lowest BCUT2D eigenvalue weighted by Crippen LogP contribution is -2.58. The first kappa shape index (κ1) is 15.1. The molecule has 1 aliphatic rings. The second kappa shape index (κ2) is 6.41. The van der Waals surface area contributed by atoms with Gasteiger partial charge in [-0.05, 0) is 32.5 Å². The van der Waals surface area contributed by atoms with Crippen LogP contribution in [0.5, 0.6) is 0 Å². The largest absolute Gasteiger partial charge is 0.468 e. The van der Waals surface area contributed by atoms with Crippen molar-refractivity contribution in [3.8, 4) is 0 Å². The molecule has 1 aliphatic heterocycles. The van der Waals surface area contributed by atoms with E-state index in [0.717, 1.165) is 45.0 Å². The van der Waals surface area contributed by atoms with Gasteiger partial charge in [0.05, 0.1) is 18.3 Å². The number of nitrogens with zero attached hydrogens (tertiary/aromatic N) is 2. The minimum atomic E-state index is -0.474. The van der Waals surface area contributed by atoms with Gasteiger partial charge in [0, 0.05) is 26.2 Å². The third kappa shape index (κ3) is 3.61. The smallest absolute Gasteiger partial charge is 0.242 e. The lowest BCUT2D eigenvalue weighted by Gasteiger charge is -2.38. The van der Waals surface area contributed by atoms with E-state index in [9.17, 15) is 4.79 Å². The van der Waals surface area contributed by atoms with Crippen LogP contribution in [-0.2, 0) is 11.3 Å². The first-order chi connectivity index (χ1) is 9.53. The number of amides is 1. The molecule has 5 nitrogen and oxygen atoms in total. The molecular weight excluding hydrogens is 254 g/mol. The summed E-state index contributed by atoms with van der Waals surface area (Å²) in [7, 11) is 0. The summed E-state index contributed by atoms with van der Waals surface area (Å²) in [5, 5.41) is 3.25. The van der Waals surface area contributed by atoms with Gasteiger partial charge in [0.2, 0.25) is 5.91 Å². The molecule has 2 rings (SSSR count). The van der Waals surface area contributed by atoms with Crippen LogP contribution in [0.2, 0.25) is 0 Å². The standard InChI is InChI=1S/C15H25N3O2/c1-4-16-15(2,3)14(19)18-9-7-17(8-10-18)12-13-6-5-11-20-13/h5-6,11,16H,4,7-10,12H2,1-3H3. The summed E-state index contributed by atoms with van der Waals surface area (Å²) in [6.07, 6.45) is 1.70. The number of piperazine rings is 1. The number of rotatable bonds is 5. The van der Waals surface area contributed by atoms with E-state index in [0.29, 0.717) is 0 Å². The lowest BCUT2D eigenvalue weighted by molar-refractivity contribution is -0.139. The van der Waals surface area contributed by atoms with E-state index in [1.165, 1.54) is 0 Å². The average Bonchev–Trinajstić information content (AvgIpc) is 2.91. The second-order valence-corrected chi connectivity index (χ2v) is 5.80.